The van der Waals surface area contributed by atoms with Gasteiger partial charge in [0, 0.05) is 25.3 Å². The molecule has 0 fully saturated rings. The highest BCUT2D eigenvalue weighted by Gasteiger charge is 2.06. The zero-order chi connectivity index (χ0) is 15.7. The minimum Gasteiger partial charge on any atom is -0.399 e. The van der Waals surface area contributed by atoms with E-state index in [4.69, 9.17) is 22.1 Å². The summed E-state index contributed by atoms with van der Waals surface area (Å²) in [5.74, 6) is 0.650. The van der Waals surface area contributed by atoms with Crippen LogP contribution >= 0.6 is 11.6 Å². The fourth-order valence-corrected chi connectivity index (χ4v) is 2.11. The Balaban J connectivity index is 2.14. The first-order valence-corrected chi connectivity index (χ1v) is 7.79. The molecule has 0 saturated heterocycles. The molecule has 1 aromatic rings. The van der Waals surface area contributed by atoms with Crippen LogP contribution in [0, 0.1) is 5.92 Å². The van der Waals surface area contributed by atoms with Gasteiger partial charge in [-0.3, -0.25) is 4.79 Å². The highest BCUT2D eigenvalue weighted by atomic mass is 35.5. The first kappa shape index (κ1) is 17.8. The number of carbonyl (C=O) groups is 1. The number of nitrogens with one attached hydrogen (secondary N) is 1. The molecule has 1 aromatic carbocycles. The van der Waals surface area contributed by atoms with Crippen molar-refractivity contribution in [3.8, 4) is 0 Å². The summed E-state index contributed by atoms with van der Waals surface area (Å²) in [7, 11) is 0. The molecule has 0 unspecified atom stereocenters. The Morgan fingerprint density at radius 2 is 2.05 bits per heavy atom. The molecule has 0 atom stereocenters. The van der Waals surface area contributed by atoms with Gasteiger partial charge in [-0.25, -0.2) is 0 Å². The number of anilines is 2. The average molecular weight is 313 g/mol. The van der Waals surface area contributed by atoms with Gasteiger partial charge in [0.1, 0.15) is 0 Å². The lowest BCUT2D eigenvalue weighted by atomic mass is 10.1. The third kappa shape index (κ3) is 7.93. The Kier molecular flexibility index (Phi) is 8.16. The molecule has 0 aliphatic carbocycles. The summed E-state index contributed by atoms with van der Waals surface area (Å²) >= 11 is 6.00. The van der Waals surface area contributed by atoms with Gasteiger partial charge < -0.3 is 15.8 Å². The molecule has 0 aliphatic heterocycles. The van der Waals surface area contributed by atoms with E-state index < -0.39 is 0 Å². The number of hydrogen-bond acceptors (Lipinski definition) is 3. The van der Waals surface area contributed by atoms with E-state index in [-0.39, 0.29) is 5.91 Å². The molecular weight excluding hydrogens is 288 g/mol. The SMILES string of the molecule is CC(C)CCCOCCCC(=O)Nc1ccc(N)cc1Cl. The summed E-state index contributed by atoms with van der Waals surface area (Å²) in [4.78, 5) is 11.8. The fourth-order valence-electron chi connectivity index (χ4n) is 1.88. The topological polar surface area (TPSA) is 64.3 Å². The number of ether oxygens (including phenoxy) is 1. The van der Waals surface area contributed by atoms with E-state index >= 15 is 0 Å². The standard InChI is InChI=1S/C16H25ClN2O2/c1-12(2)5-3-9-21-10-4-6-16(20)19-15-8-7-13(18)11-14(15)17/h7-8,11-12H,3-6,9-10,18H2,1-2H3,(H,19,20). The van der Waals surface area contributed by atoms with E-state index in [0.29, 0.717) is 41.8 Å². The van der Waals surface area contributed by atoms with Crippen molar-refractivity contribution < 1.29 is 9.53 Å². The highest BCUT2D eigenvalue weighted by molar-refractivity contribution is 6.34. The monoisotopic (exact) mass is 312 g/mol. The number of benzene rings is 1. The van der Waals surface area contributed by atoms with Crippen LogP contribution in [0.4, 0.5) is 11.4 Å². The summed E-state index contributed by atoms with van der Waals surface area (Å²) < 4.78 is 5.50. The van der Waals surface area contributed by atoms with E-state index in [1.54, 1.807) is 18.2 Å². The zero-order valence-corrected chi connectivity index (χ0v) is 13.6. The van der Waals surface area contributed by atoms with Crippen LogP contribution in [0.25, 0.3) is 0 Å². The minimum atomic E-state index is -0.0625. The summed E-state index contributed by atoms with van der Waals surface area (Å²) in [6.07, 6.45) is 3.38. The van der Waals surface area contributed by atoms with Gasteiger partial charge in [0.15, 0.2) is 0 Å². The van der Waals surface area contributed by atoms with Crippen molar-refractivity contribution in [3.05, 3.63) is 23.2 Å². The lowest BCUT2D eigenvalue weighted by Gasteiger charge is -2.08. The quantitative estimate of drug-likeness (QED) is 0.533. The van der Waals surface area contributed by atoms with Gasteiger partial charge in [-0.1, -0.05) is 25.4 Å². The second-order valence-electron chi connectivity index (χ2n) is 5.54. The predicted molar refractivity (Wildman–Crippen MR) is 88.6 cm³/mol. The van der Waals surface area contributed by atoms with Crippen LogP contribution in [0.5, 0.6) is 0 Å². The van der Waals surface area contributed by atoms with Crippen molar-refractivity contribution in [1.82, 2.24) is 0 Å². The Morgan fingerprint density at radius 3 is 2.71 bits per heavy atom. The number of nitrogen functional groups attached to an aromatic ring is 1. The van der Waals surface area contributed by atoms with Gasteiger partial charge in [0.2, 0.25) is 5.91 Å². The number of hydrogen-bond donors (Lipinski definition) is 2. The first-order valence-electron chi connectivity index (χ1n) is 7.41. The van der Waals surface area contributed by atoms with Crippen LogP contribution in [0.3, 0.4) is 0 Å². The maximum absolute atomic E-state index is 11.8. The maximum atomic E-state index is 11.8. The van der Waals surface area contributed by atoms with Crippen molar-refractivity contribution in [2.45, 2.75) is 39.5 Å². The van der Waals surface area contributed by atoms with Gasteiger partial charge in [-0.15, -0.1) is 0 Å². The molecule has 0 aliphatic rings. The van der Waals surface area contributed by atoms with Gasteiger partial charge in [0.05, 0.1) is 10.7 Å². The molecule has 0 radical (unpaired) electrons. The van der Waals surface area contributed by atoms with Crippen molar-refractivity contribution in [2.75, 3.05) is 24.3 Å². The Bertz CT molecular complexity index is 450. The van der Waals surface area contributed by atoms with Crippen molar-refractivity contribution >= 4 is 28.9 Å². The first-order chi connectivity index (χ1) is 9.99. The second-order valence-corrected chi connectivity index (χ2v) is 5.95. The highest BCUT2D eigenvalue weighted by Crippen LogP contribution is 2.24. The van der Waals surface area contributed by atoms with E-state index in [1.807, 2.05) is 0 Å². The molecule has 1 rings (SSSR count). The Labute approximate surface area is 132 Å². The predicted octanol–water partition coefficient (Wildman–Crippen LogP) is 4.09. The molecule has 0 saturated carbocycles. The molecule has 1 amide bonds. The molecule has 21 heavy (non-hydrogen) atoms. The molecule has 3 N–H and O–H groups in total. The van der Waals surface area contributed by atoms with Crippen LogP contribution in [0.2, 0.25) is 5.02 Å². The summed E-state index contributed by atoms with van der Waals surface area (Å²) in [6, 6.07) is 5.03. The Morgan fingerprint density at radius 1 is 1.33 bits per heavy atom. The average Bonchev–Trinajstić information content (AvgIpc) is 2.40. The third-order valence-electron chi connectivity index (χ3n) is 3.03. The smallest absolute Gasteiger partial charge is 0.224 e. The molecule has 0 aromatic heterocycles. The lowest BCUT2D eigenvalue weighted by Crippen LogP contribution is -2.12. The number of rotatable bonds is 9. The van der Waals surface area contributed by atoms with Crippen LogP contribution in [0.1, 0.15) is 39.5 Å². The van der Waals surface area contributed by atoms with Crippen LogP contribution < -0.4 is 11.1 Å². The minimum absolute atomic E-state index is 0.0625. The van der Waals surface area contributed by atoms with E-state index in [1.165, 1.54) is 6.42 Å². The van der Waals surface area contributed by atoms with Crippen LogP contribution in [-0.2, 0) is 9.53 Å². The third-order valence-corrected chi connectivity index (χ3v) is 3.34. The molecule has 118 valence electrons. The van der Waals surface area contributed by atoms with Crippen LogP contribution in [-0.4, -0.2) is 19.1 Å². The summed E-state index contributed by atoms with van der Waals surface area (Å²) in [6.45, 7) is 5.78. The van der Waals surface area contributed by atoms with Gasteiger partial charge in [-0.05, 0) is 43.4 Å². The van der Waals surface area contributed by atoms with Crippen LogP contribution in [0.15, 0.2) is 18.2 Å². The van der Waals surface area contributed by atoms with Gasteiger partial charge in [-0.2, -0.15) is 0 Å². The van der Waals surface area contributed by atoms with Crippen molar-refractivity contribution in [3.63, 3.8) is 0 Å². The molecule has 5 heteroatoms. The second kappa shape index (κ2) is 9.64. The molecule has 0 heterocycles. The number of nitrogens with two attached hydrogens (primary N) is 1. The summed E-state index contributed by atoms with van der Waals surface area (Å²) in [5, 5.41) is 3.22. The lowest BCUT2D eigenvalue weighted by molar-refractivity contribution is -0.116. The van der Waals surface area contributed by atoms with E-state index in [2.05, 4.69) is 19.2 Å². The number of halogens is 1. The van der Waals surface area contributed by atoms with Gasteiger partial charge >= 0.3 is 0 Å². The van der Waals surface area contributed by atoms with E-state index in [9.17, 15) is 4.79 Å². The zero-order valence-electron chi connectivity index (χ0n) is 12.8. The maximum Gasteiger partial charge on any atom is 0.224 e. The molecule has 0 spiro atoms. The number of carbonyl (C=O) groups excluding carboxylic acids is 1. The number of amides is 1. The fraction of sp³-hybridized carbons (Fsp3) is 0.562. The molecule has 4 nitrogen and oxygen atoms in total. The van der Waals surface area contributed by atoms with Crippen molar-refractivity contribution in [1.29, 1.82) is 0 Å². The largest absolute Gasteiger partial charge is 0.399 e. The Hall–Kier alpha value is -1.26. The normalized spacial score (nSPS) is 10.9. The molecular formula is C16H25ClN2O2. The summed E-state index contributed by atoms with van der Waals surface area (Å²) in [5.41, 5.74) is 6.77. The van der Waals surface area contributed by atoms with Gasteiger partial charge in [0.25, 0.3) is 0 Å². The molecule has 0 bridgehead atoms. The van der Waals surface area contributed by atoms with E-state index in [0.717, 1.165) is 13.0 Å². The van der Waals surface area contributed by atoms with Crippen molar-refractivity contribution in [2.24, 2.45) is 5.92 Å².